The number of fused-ring (bicyclic) bond motifs is 1. The quantitative estimate of drug-likeness (QED) is 0.538. The van der Waals surface area contributed by atoms with Gasteiger partial charge in [-0.3, -0.25) is 9.20 Å². The average molecular weight is 393 g/mol. The minimum absolute atomic E-state index is 0.146. The number of amides is 1. The zero-order valence-electron chi connectivity index (χ0n) is 15.5. The highest BCUT2D eigenvalue weighted by molar-refractivity contribution is 7.15. The Bertz CT molecular complexity index is 1120. The molecule has 2 aromatic carbocycles. The van der Waals surface area contributed by atoms with Crippen LogP contribution in [0.4, 0.5) is 0 Å². The lowest BCUT2D eigenvalue weighted by atomic mass is 10.2. The van der Waals surface area contributed by atoms with E-state index in [0.717, 1.165) is 33.3 Å². The first-order valence-electron chi connectivity index (χ1n) is 8.70. The molecule has 1 amide bonds. The van der Waals surface area contributed by atoms with Crippen LogP contribution in [0.15, 0.2) is 60.1 Å². The summed E-state index contributed by atoms with van der Waals surface area (Å²) in [6.45, 7) is 0.424. The SMILES string of the molecule is COc1ccc(-c2cn3c(C(=O)NCc4cccc(OC)c4)csc3n2)cc1. The van der Waals surface area contributed by atoms with Crippen molar-refractivity contribution < 1.29 is 14.3 Å². The van der Waals surface area contributed by atoms with E-state index in [0.29, 0.717) is 12.2 Å². The molecule has 0 atom stereocenters. The first kappa shape index (κ1) is 18.1. The van der Waals surface area contributed by atoms with Crippen LogP contribution >= 0.6 is 11.3 Å². The summed E-state index contributed by atoms with van der Waals surface area (Å²) in [7, 11) is 3.26. The van der Waals surface area contributed by atoms with Gasteiger partial charge in [-0.25, -0.2) is 4.98 Å². The van der Waals surface area contributed by atoms with Crippen molar-refractivity contribution in [2.24, 2.45) is 0 Å². The molecular weight excluding hydrogens is 374 g/mol. The van der Waals surface area contributed by atoms with Crippen LogP contribution in [0.5, 0.6) is 11.5 Å². The van der Waals surface area contributed by atoms with Gasteiger partial charge in [0.2, 0.25) is 0 Å². The van der Waals surface area contributed by atoms with Gasteiger partial charge in [-0.1, -0.05) is 12.1 Å². The number of benzene rings is 2. The number of methoxy groups -OCH3 is 2. The molecule has 0 saturated carbocycles. The van der Waals surface area contributed by atoms with Gasteiger partial charge in [0, 0.05) is 23.7 Å². The van der Waals surface area contributed by atoms with Gasteiger partial charge < -0.3 is 14.8 Å². The number of hydrogen-bond acceptors (Lipinski definition) is 5. The predicted molar refractivity (Wildman–Crippen MR) is 109 cm³/mol. The molecule has 4 aromatic rings. The molecule has 7 heteroatoms. The third-order valence-electron chi connectivity index (χ3n) is 4.41. The van der Waals surface area contributed by atoms with Crippen molar-refractivity contribution in [2.45, 2.75) is 6.54 Å². The van der Waals surface area contributed by atoms with Crippen LogP contribution in [0.3, 0.4) is 0 Å². The summed E-state index contributed by atoms with van der Waals surface area (Å²) < 4.78 is 12.2. The van der Waals surface area contributed by atoms with Gasteiger partial charge in [-0.2, -0.15) is 0 Å². The minimum atomic E-state index is -0.146. The molecule has 0 unspecified atom stereocenters. The maximum Gasteiger partial charge on any atom is 0.269 e. The number of thiazole rings is 1. The highest BCUT2D eigenvalue weighted by atomic mass is 32.1. The number of nitrogens with zero attached hydrogens (tertiary/aromatic N) is 2. The smallest absolute Gasteiger partial charge is 0.269 e. The van der Waals surface area contributed by atoms with Crippen LogP contribution < -0.4 is 14.8 Å². The number of nitrogens with one attached hydrogen (secondary N) is 1. The largest absolute Gasteiger partial charge is 0.497 e. The molecule has 142 valence electrons. The second-order valence-corrected chi connectivity index (χ2v) is 7.00. The summed E-state index contributed by atoms with van der Waals surface area (Å²) in [5, 5.41) is 4.78. The standard InChI is InChI=1S/C21H19N3O3S/c1-26-16-8-6-15(7-9-16)18-12-24-19(13-28-21(24)23-18)20(25)22-11-14-4-3-5-17(10-14)27-2/h3-10,12-13H,11H2,1-2H3,(H,22,25). The van der Waals surface area contributed by atoms with Crippen molar-refractivity contribution in [3.05, 3.63) is 71.4 Å². The van der Waals surface area contributed by atoms with Crippen molar-refractivity contribution in [2.75, 3.05) is 14.2 Å². The molecule has 2 aromatic heterocycles. The predicted octanol–water partition coefficient (Wildman–Crippen LogP) is 4.01. The molecular formula is C21H19N3O3S. The molecule has 0 fully saturated rings. The molecule has 0 saturated heterocycles. The van der Waals surface area contributed by atoms with Crippen molar-refractivity contribution >= 4 is 22.2 Å². The highest BCUT2D eigenvalue weighted by Gasteiger charge is 2.15. The fraction of sp³-hybridized carbons (Fsp3) is 0.143. The second kappa shape index (κ2) is 7.74. The van der Waals surface area contributed by atoms with E-state index in [-0.39, 0.29) is 5.91 Å². The lowest BCUT2D eigenvalue weighted by Gasteiger charge is -2.06. The first-order valence-corrected chi connectivity index (χ1v) is 9.58. The van der Waals surface area contributed by atoms with Gasteiger partial charge in [0.15, 0.2) is 4.96 Å². The summed E-state index contributed by atoms with van der Waals surface area (Å²) >= 11 is 1.44. The Hall–Kier alpha value is -3.32. The molecule has 0 bridgehead atoms. The Morgan fingerprint density at radius 2 is 1.89 bits per heavy atom. The van der Waals surface area contributed by atoms with E-state index in [4.69, 9.17) is 9.47 Å². The number of carbonyl (C=O) groups excluding carboxylic acids is 1. The first-order chi connectivity index (χ1) is 13.7. The van der Waals surface area contributed by atoms with Gasteiger partial charge in [0.1, 0.15) is 17.2 Å². The Morgan fingerprint density at radius 3 is 2.64 bits per heavy atom. The van der Waals surface area contributed by atoms with Gasteiger partial charge in [-0.05, 0) is 42.0 Å². The monoisotopic (exact) mass is 393 g/mol. The zero-order valence-corrected chi connectivity index (χ0v) is 16.3. The molecule has 1 N–H and O–H groups in total. The Labute approximate surface area is 166 Å². The van der Waals surface area contributed by atoms with E-state index in [9.17, 15) is 4.79 Å². The fourth-order valence-electron chi connectivity index (χ4n) is 2.90. The number of imidazole rings is 1. The summed E-state index contributed by atoms with van der Waals surface area (Å²) in [6.07, 6.45) is 1.88. The lowest BCUT2D eigenvalue weighted by Crippen LogP contribution is -2.23. The van der Waals surface area contributed by atoms with Gasteiger partial charge in [0.25, 0.3) is 5.91 Å². The summed E-state index contributed by atoms with van der Waals surface area (Å²) in [4.78, 5) is 18.1. The molecule has 0 radical (unpaired) electrons. The van der Waals surface area contributed by atoms with Crippen molar-refractivity contribution in [1.82, 2.24) is 14.7 Å². The topological polar surface area (TPSA) is 64.9 Å². The second-order valence-electron chi connectivity index (χ2n) is 6.16. The van der Waals surface area contributed by atoms with Crippen LogP contribution in [-0.2, 0) is 6.54 Å². The van der Waals surface area contributed by atoms with E-state index in [2.05, 4.69) is 10.3 Å². The number of aromatic nitrogens is 2. The summed E-state index contributed by atoms with van der Waals surface area (Å²) in [6, 6.07) is 15.3. The molecule has 4 rings (SSSR count). The third-order valence-corrected chi connectivity index (χ3v) is 5.25. The minimum Gasteiger partial charge on any atom is -0.497 e. The number of carbonyl (C=O) groups is 1. The van der Waals surface area contributed by atoms with E-state index in [1.807, 2.05) is 64.5 Å². The zero-order chi connectivity index (χ0) is 19.5. The van der Waals surface area contributed by atoms with Crippen molar-refractivity contribution in [3.63, 3.8) is 0 Å². The molecule has 0 aliphatic heterocycles. The van der Waals surface area contributed by atoms with E-state index < -0.39 is 0 Å². The molecule has 2 heterocycles. The van der Waals surface area contributed by atoms with Crippen LogP contribution in [0, 0.1) is 0 Å². The number of ether oxygens (including phenoxy) is 2. The van der Waals surface area contributed by atoms with Crippen LogP contribution in [-0.4, -0.2) is 29.5 Å². The highest BCUT2D eigenvalue weighted by Crippen LogP contribution is 2.25. The maximum atomic E-state index is 12.7. The Morgan fingerprint density at radius 1 is 1.11 bits per heavy atom. The molecule has 28 heavy (non-hydrogen) atoms. The maximum absolute atomic E-state index is 12.7. The summed E-state index contributed by atoms with van der Waals surface area (Å²) in [5.74, 6) is 1.42. The van der Waals surface area contributed by atoms with Gasteiger partial charge in [0.05, 0.1) is 19.9 Å². The van der Waals surface area contributed by atoms with E-state index in [1.54, 1.807) is 14.2 Å². The Balaban J connectivity index is 1.53. The normalized spacial score (nSPS) is 10.8. The number of rotatable bonds is 6. The molecule has 0 spiro atoms. The summed E-state index contributed by atoms with van der Waals surface area (Å²) in [5.41, 5.74) is 3.33. The van der Waals surface area contributed by atoms with Crippen LogP contribution in [0.1, 0.15) is 16.1 Å². The fourth-order valence-corrected chi connectivity index (χ4v) is 3.76. The van der Waals surface area contributed by atoms with Crippen LogP contribution in [0.25, 0.3) is 16.2 Å². The Kier molecular flexibility index (Phi) is 4.99. The van der Waals surface area contributed by atoms with Crippen molar-refractivity contribution in [1.29, 1.82) is 0 Å². The molecule has 0 aliphatic carbocycles. The molecule has 0 aliphatic rings. The van der Waals surface area contributed by atoms with E-state index in [1.165, 1.54) is 11.3 Å². The number of hydrogen-bond donors (Lipinski definition) is 1. The van der Waals surface area contributed by atoms with E-state index >= 15 is 0 Å². The van der Waals surface area contributed by atoms with Crippen LogP contribution in [0.2, 0.25) is 0 Å². The lowest BCUT2D eigenvalue weighted by molar-refractivity contribution is 0.0945. The molecule has 6 nitrogen and oxygen atoms in total. The van der Waals surface area contributed by atoms with Crippen molar-refractivity contribution in [3.8, 4) is 22.8 Å². The third kappa shape index (κ3) is 3.57. The van der Waals surface area contributed by atoms with Gasteiger partial charge >= 0.3 is 0 Å². The average Bonchev–Trinajstić information content (AvgIpc) is 3.33. The van der Waals surface area contributed by atoms with Gasteiger partial charge in [-0.15, -0.1) is 11.3 Å².